The molecule has 2 atom stereocenters. The number of carbonyl (C=O) groups is 5. The number of nitrogens with zero attached hydrogens (tertiary/aromatic N) is 3. The van der Waals surface area contributed by atoms with Crippen molar-refractivity contribution < 1.29 is 47.8 Å². The van der Waals surface area contributed by atoms with Crippen molar-refractivity contribution >= 4 is 63.7 Å². The number of carboxylic acids is 1. The quantitative estimate of drug-likeness (QED) is 0.115. The van der Waals surface area contributed by atoms with Crippen molar-refractivity contribution in [2.75, 3.05) is 24.9 Å². The Kier molecular flexibility index (Phi) is 9.28. The van der Waals surface area contributed by atoms with E-state index in [9.17, 15) is 28.4 Å². The van der Waals surface area contributed by atoms with E-state index < -0.39 is 65.7 Å². The third-order valence-electron chi connectivity index (χ3n) is 5.06. The number of nitrogens with two attached hydrogens (primary N) is 1. The van der Waals surface area contributed by atoms with Gasteiger partial charge in [0.15, 0.2) is 10.8 Å². The van der Waals surface area contributed by atoms with E-state index in [1.54, 1.807) is 20.8 Å². The maximum Gasteiger partial charge on any atom is 0.358 e. The lowest BCUT2D eigenvalue weighted by molar-refractivity contribution is -0.173. The SMILES string of the molecule is CC(C)(C)C(=O)OCOC(=O)C1=C(/C=C/F)CSC2C(NC(=O)/C(=N/OCC(=O)O)c3csc(N)n3)C(=O)N12. The zero-order chi connectivity index (χ0) is 28.9. The van der Waals surface area contributed by atoms with Gasteiger partial charge in [-0.05, 0) is 32.4 Å². The summed E-state index contributed by atoms with van der Waals surface area (Å²) < 4.78 is 23.0. The number of oxime groups is 1. The summed E-state index contributed by atoms with van der Waals surface area (Å²) in [6, 6.07) is -1.14. The minimum absolute atomic E-state index is 0.00958. The molecular weight excluding hydrogens is 561 g/mol. The fraction of sp³-hybridized carbons (Fsp3) is 0.409. The molecule has 1 aromatic rings. The summed E-state index contributed by atoms with van der Waals surface area (Å²) in [5.41, 5.74) is 4.21. The lowest BCUT2D eigenvalue weighted by Crippen LogP contribution is -2.71. The van der Waals surface area contributed by atoms with Crippen LogP contribution in [0.2, 0.25) is 0 Å². The van der Waals surface area contributed by atoms with E-state index in [0.29, 0.717) is 0 Å². The zero-order valence-electron chi connectivity index (χ0n) is 20.8. The van der Waals surface area contributed by atoms with Gasteiger partial charge in [0.2, 0.25) is 13.4 Å². The molecule has 1 fully saturated rings. The number of β-lactam (4-membered cyclic amide) rings is 1. The fourth-order valence-electron chi connectivity index (χ4n) is 3.22. The molecule has 0 spiro atoms. The molecule has 2 unspecified atom stereocenters. The second kappa shape index (κ2) is 12.2. The number of hydrogen-bond donors (Lipinski definition) is 3. The van der Waals surface area contributed by atoms with E-state index in [2.05, 4.69) is 20.3 Å². The smallest absolute Gasteiger partial charge is 0.358 e. The predicted octanol–water partition coefficient (Wildman–Crippen LogP) is 0.758. The van der Waals surface area contributed by atoms with Crippen LogP contribution in [0, 0.1) is 5.41 Å². The van der Waals surface area contributed by atoms with Gasteiger partial charge in [0.25, 0.3) is 11.8 Å². The van der Waals surface area contributed by atoms with E-state index in [-0.39, 0.29) is 34.2 Å². The molecule has 17 heteroatoms. The Morgan fingerprint density at radius 1 is 1.33 bits per heavy atom. The molecule has 0 aromatic carbocycles. The number of rotatable bonds is 10. The van der Waals surface area contributed by atoms with Crippen molar-refractivity contribution in [2.45, 2.75) is 32.2 Å². The Morgan fingerprint density at radius 2 is 2.05 bits per heavy atom. The van der Waals surface area contributed by atoms with Gasteiger partial charge in [-0.1, -0.05) is 5.16 Å². The monoisotopic (exact) mass is 585 g/mol. The molecule has 2 aliphatic rings. The molecule has 4 N–H and O–H groups in total. The molecule has 0 bridgehead atoms. The largest absolute Gasteiger partial charge is 0.479 e. The van der Waals surface area contributed by atoms with Gasteiger partial charge >= 0.3 is 17.9 Å². The molecule has 0 radical (unpaired) electrons. The lowest BCUT2D eigenvalue weighted by Gasteiger charge is -2.49. The third-order valence-corrected chi connectivity index (χ3v) is 7.03. The van der Waals surface area contributed by atoms with Crippen LogP contribution >= 0.6 is 23.1 Å². The van der Waals surface area contributed by atoms with Gasteiger partial charge in [0, 0.05) is 11.1 Å². The van der Waals surface area contributed by atoms with Crippen LogP contribution in [0.1, 0.15) is 26.5 Å². The highest BCUT2D eigenvalue weighted by Crippen LogP contribution is 2.41. The molecule has 2 aliphatic heterocycles. The van der Waals surface area contributed by atoms with E-state index in [1.165, 1.54) is 5.38 Å². The molecule has 210 valence electrons. The number of halogens is 1. The van der Waals surface area contributed by atoms with Gasteiger partial charge in [0.05, 0.1) is 11.7 Å². The number of aromatic nitrogens is 1. The fourth-order valence-corrected chi connectivity index (χ4v) is 5.09. The number of carbonyl (C=O) groups excluding carboxylic acids is 4. The van der Waals surface area contributed by atoms with E-state index >= 15 is 0 Å². The number of ether oxygens (including phenoxy) is 2. The molecule has 0 saturated carbocycles. The van der Waals surface area contributed by atoms with Crippen LogP contribution in [0.5, 0.6) is 0 Å². The van der Waals surface area contributed by atoms with Gasteiger partial charge in [-0.25, -0.2) is 19.0 Å². The minimum Gasteiger partial charge on any atom is -0.479 e. The van der Waals surface area contributed by atoms with Crippen molar-refractivity contribution in [3.63, 3.8) is 0 Å². The summed E-state index contributed by atoms with van der Waals surface area (Å²) in [6.45, 7) is 3.27. The van der Waals surface area contributed by atoms with Crippen LogP contribution in [0.15, 0.2) is 34.2 Å². The second-order valence-corrected chi connectivity index (χ2v) is 10.9. The van der Waals surface area contributed by atoms with Crippen LogP contribution in [0.25, 0.3) is 0 Å². The van der Waals surface area contributed by atoms with Crippen LogP contribution in [0.3, 0.4) is 0 Å². The number of esters is 2. The first-order chi connectivity index (χ1) is 18.3. The van der Waals surface area contributed by atoms with Crippen molar-refractivity contribution in [2.24, 2.45) is 10.6 Å². The molecule has 0 aliphatic carbocycles. The number of fused-ring (bicyclic) bond motifs is 1. The number of carboxylic acid groups (broad SMARTS) is 1. The Hall–Kier alpha value is -3.99. The van der Waals surface area contributed by atoms with Gasteiger partial charge in [-0.15, -0.1) is 23.1 Å². The maximum absolute atomic E-state index is 13.0. The lowest BCUT2D eigenvalue weighted by atomic mass is 9.98. The standard InChI is InChI=1S/C22H24FN5O9S2/c1-22(2,3)20(34)36-9-35-19(33)15-10(4-5-23)7-38-18-14(17(32)28(15)18)26-16(31)13(27-37-6-12(29)30)11-8-39-21(24)25-11/h4-5,8,14,18H,6-7,9H2,1-3H3,(H2,24,25)(H,26,31)(H,29,30)/b5-4+,27-13+. The number of thiazole rings is 1. The molecule has 1 saturated heterocycles. The number of hydrogen-bond acceptors (Lipinski definition) is 13. The normalized spacial score (nSPS) is 19.3. The van der Waals surface area contributed by atoms with Gasteiger partial charge in [0.1, 0.15) is 22.8 Å². The average molecular weight is 586 g/mol. The van der Waals surface area contributed by atoms with Crippen molar-refractivity contribution in [3.8, 4) is 0 Å². The molecule has 3 rings (SSSR count). The highest BCUT2D eigenvalue weighted by molar-refractivity contribution is 8.00. The average Bonchev–Trinajstić information content (AvgIpc) is 3.29. The molecule has 39 heavy (non-hydrogen) atoms. The predicted molar refractivity (Wildman–Crippen MR) is 135 cm³/mol. The minimum atomic E-state index is -1.34. The first-order valence-corrected chi connectivity index (χ1v) is 13.0. The highest BCUT2D eigenvalue weighted by atomic mass is 32.2. The summed E-state index contributed by atoms with van der Waals surface area (Å²) in [7, 11) is 0. The van der Waals surface area contributed by atoms with Crippen molar-refractivity contribution in [1.29, 1.82) is 0 Å². The Balaban J connectivity index is 1.75. The highest BCUT2D eigenvalue weighted by Gasteiger charge is 2.54. The molecule has 14 nitrogen and oxygen atoms in total. The number of aliphatic carboxylic acids is 1. The second-order valence-electron chi connectivity index (χ2n) is 8.94. The maximum atomic E-state index is 13.0. The molecular formula is C22H24FN5O9S2. The van der Waals surface area contributed by atoms with E-state index in [0.717, 1.165) is 34.1 Å². The summed E-state index contributed by atoms with van der Waals surface area (Å²) in [6.07, 6.45) is 1.20. The Morgan fingerprint density at radius 3 is 2.64 bits per heavy atom. The zero-order valence-corrected chi connectivity index (χ0v) is 22.5. The van der Waals surface area contributed by atoms with E-state index in [1.807, 2.05) is 0 Å². The van der Waals surface area contributed by atoms with Crippen LogP contribution in [-0.2, 0) is 38.3 Å². The van der Waals surface area contributed by atoms with Crippen LogP contribution < -0.4 is 11.1 Å². The van der Waals surface area contributed by atoms with Gasteiger partial charge in [-0.3, -0.25) is 19.3 Å². The van der Waals surface area contributed by atoms with Crippen LogP contribution in [-0.4, -0.2) is 81.0 Å². The summed E-state index contributed by atoms with van der Waals surface area (Å²) in [4.78, 5) is 71.2. The third kappa shape index (κ3) is 6.91. The topological polar surface area (TPSA) is 200 Å². The van der Waals surface area contributed by atoms with Crippen LogP contribution in [0.4, 0.5) is 9.52 Å². The number of allylic oxidation sites excluding steroid dienone is 1. The number of anilines is 1. The number of nitrogen functional groups attached to an aromatic ring is 1. The molecule has 1 aromatic heterocycles. The summed E-state index contributed by atoms with van der Waals surface area (Å²) >= 11 is 2.13. The van der Waals surface area contributed by atoms with Gasteiger partial charge < -0.3 is 30.5 Å². The Bertz CT molecular complexity index is 1270. The first-order valence-electron chi connectivity index (χ1n) is 11.1. The van der Waals surface area contributed by atoms with Gasteiger partial charge in [-0.2, -0.15) is 0 Å². The summed E-state index contributed by atoms with van der Waals surface area (Å²) in [5.74, 6) is -4.54. The molecule has 2 amide bonds. The number of nitrogens with one attached hydrogen (secondary N) is 1. The van der Waals surface area contributed by atoms with Crippen molar-refractivity contribution in [1.82, 2.24) is 15.2 Å². The number of thioether (sulfide) groups is 1. The molecule has 3 heterocycles. The van der Waals surface area contributed by atoms with Crippen molar-refractivity contribution in [3.05, 3.63) is 34.7 Å². The first kappa shape index (κ1) is 29.6. The number of amides is 2. The summed E-state index contributed by atoms with van der Waals surface area (Å²) in [5, 5.41) is 15.5. The Labute approximate surface area is 229 Å². The van der Waals surface area contributed by atoms with E-state index in [4.69, 9.17) is 20.3 Å².